The lowest BCUT2D eigenvalue weighted by Gasteiger charge is -2.23. The van der Waals surface area contributed by atoms with Crippen LogP contribution < -0.4 is 5.73 Å². The predicted octanol–water partition coefficient (Wildman–Crippen LogP) is 3.29. The summed E-state index contributed by atoms with van der Waals surface area (Å²) in [5.41, 5.74) is 6.45. The fourth-order valence-corrected chi connectivity index (χ4v) is 3.03. The van der Waals surface area contributed by atoms with E-state index in [0.717, 1.165) is 34.7 Å². The highest BCUT2D eigenvalue weighted by Gasteiger charge is 2.47. The maximum absolute atomic E-state index is 14.4. The molecular weight excluding hydrogens is 353 g/mol. The number of nitrogens with zero attached hydrogens (tertiary/aromatic N) is 1. The minimum atomic E-state index is -3.71. The van der Waals surface area contributed by atoms with Crippen LogP contribution in [0.2, 0.25) is 0 Å². The number of alkyl halides is 2. The summed E-state index contributed by atoms with van der Waals surface area (Å²) < 4.78 is 41.8. The summed E-state index contributed by atoms with van der Waals surface area (Å²) in [5, 5.41) is 0. The van der Waals surface area contributed by atoms with Gasteiger partial charge >= 0.3 is 5.92 Å². The molecular formula is C18H18ClF3N2O. The summed E-state index contributed by atoms with van der Waals surface area (Å²) in [7, 11) is 0. The second-order valence-corrected chi connectivity index (χ2v) is 5.97. The Morgan fingerprint density at radius 2 is 1.64 bits per heavy atom. The van der Waals surface area contributed by atoms with Crippen molar-refractivity contribution in [1.29, 1.82) is 0 Å². The zero-order valence-corrected chi connectivity index (χ0v) is 14.1. The van der Waals surface area contributed by atoms with E-state index in [0.29, 0.717) is 0 Å². The summed E-state index contributed by atoms with van der Waals surface area (Å²) in [6.45, 7) is 0.204. The topological polar surface area (TPSA) is 46.3 Å². The van der Waals surface area contributed by atoms with E-state index < -0.39 is 29.3 Å². The molecule has 0 saturated carbocycles. The van der Waals surface area contributed by atoms with Crippen LogP contribution in [0.25, 0.3) is 0 Å². The van der Waals surface area contributed by atoms with Crippen molar-refractivity contribution >= 4 is 18.3 Å². The molecule has 7 heteroatoms. The van der Waals surface area contributed by atoms with Gasteiger partial charge < -0.3 is 10.6 Å². The Morgan fingerprint density at radius 3 is 2.24 bits per heavy atom. The number of rotatable bonds is 3. The first-order valence-electron chi connectivity index (χ1n) is 7.63. The average Bonchev–Trinajstić information content (AvgIpc) is 2.97. The van der Waals surface area contributed by atoms with E-state index in [1.807, 2.05) is 30.3 Å². The van der Waals surface area contributed by atoms with Crippen LogP contribution in [0.5, 0.6) is 0 Å². The molecule has 0 aliphatic carbocycles. The van der Waals surface area contributed by atoms with Gasteiger partial charge in [-0.25, -0.2) is 4.39 Å². The lowest BCUT2D eigenvalue weighted by atomic mass is 9.95. The van der Waals surface area contributed by atoms with Crippen LogP contribution in [0.1, 0.15) is 17.0 Å². The Morgan fingerprint density at radius 1 is 1.04 bits per heavy atom. The molecule has 0 bridgehead atoms. The Kier molecular flexibility index (Phi) is 5.75. The minimum Gasteiger partial charge on any atom is -0.335 e. The summed E-state index contributed by atoms with van der Waals surface area (Å²) in [4.78, 5) is 13.4. The molecule has 3 rings (SSSR count). The first kappa shape index (κ1) is 19.3. The predicted molar refractivity (Wildman–Crippen MR) is 91.3 cm³/mol. The van der Waals surface area contributed by atoms with E-state index in [1.54, 1.807) is 0 Å². The highest BCUT2D eigenvalue weighted by molar-refractivity contribution is 5.85. The molecule has 0 unspecified atom stereocenters. The smallest absolute Gasteiger partial charge is 0.335 e. The van der Waals surface area contributed by atoms with Crippen molar-refractivity contribution in [2.24, 2.45) is 5.73 Å². The molecule has 134 valence electrons. The van der Waals surface area contributed by atoms with E-state index in [2.05, 4.69) is 0 Å². The number of carbonyl (C=O) groups is 1. The molecule has 1 fully saturated rings. The summed E-state index contributed by atoms with van der Waals surface area (Å²) in [5.74, 6) is -5.82. The third-order valence-corrected chi connectivity index (χ3v) is 4.36. The maximum Gasteiger partial charge on any atom is 0.349 e. The summed E-state index contributed by atoms with van der Waals surface area (Å²) >= 11 is 0. The molecule has 2 aromatic rings. The fourth-order valence-electron chi connectivity index (χ4n) is 3.03. The van der Waals surface area contributed by atoms with Gasteiger partial charge in [0.25, 0.3) is 5.91 Å². The van der Waals surface area contributed by atoms with Crippen LogP contribution in [0.4, 0.5) is 13.2 Å². The van der Waals surface area contributed by atoms with Gasteiger partial charge in [-0.1, -0.05) is 30.3 Å². The van der Waals surface area contributed by atoms with E-state index in [9.17, 15) is 18.0 Å². The van der Waals surface area contributed by atoms with Crippen LogP contribution in [0, 0.1) is 5.82 Å². The van der Waals surface area contributed by atoms with Gasteiger partial charge in [-0.2, -0.15) is 8.78 Å². The van der Waals surface area contributed by atoms with Crippen molar-refractivity contribution in [1.82, 2.24) is 4.90 Å². The molecule has 1 heterocycles. The number of carbonyl (C=O) groups excluding carboxylic acids is 1. The van der Waals surface area contributed by atoms with E-state index >= 15 is 0 Å². The Hall–Kier alpha value is -2.05. The number of hydrogen-bond donors (Lipinski definition) is 1. The number of halogens is 4. The first-order valence-corrected chi connectivity index (χ1v) is 7.63. The van der Waals surface area contributed by atoms with Crippen LogP contribution in [-0.2, 0) is 10.7 Å². The Bertz CT molecular complexity index is 725. The number of amides is 1. The molecule has 1 aliphatic rings. The largest absolute Gasteiger partial charge is 0.349 e. The lowest BCUT2D eigenvalue weighted by Crippen LogP contribution is -2.41. The summed E-state index contributed by atoms with van der Waals surface area (Å²) in [6.07, 6.45) is 0. The third-order valence-electron chi connectivity index (χ3n) is 4.36. The molecule has 2 aromatic carbocycles. The highest BCUT2D eigenvalue weighted by atomic mass is 35.5. The van der Waals surface area contributed by atoms with Gasteiger partial charge in [0.2, 0.25) is 0 Å². The van der Waals surface area contributed by atoms with Crippen molar-refractivity contribution in [3.05, 3.63) is 71.5 Å². The van der Waals surface area contributed by atoms with Crippen LogP contribution in [0.15, 0.2) is 54.6 Å². The Labute approximate surface area is 150 Å². The molecule has 1 saturated heterocycles. The average molecular weight is 371 g/mol. The van der Waals surface area contributed by atoms with Gasteiger partial charge in [-0.15, -0.1) is 12.4 Å². The number of likely N-dealkylation sites (tertiary alicyclic amines) is 1. The quantitative estimate of drug-likeness (QED) is 0.901. The number of nitrogens with two attached hydrogens (primary N) is 1. The van der Waals surface area contributed by atoms with E-state index in [1.165, 1.54) is 0 Å². The molecule has 0 radical (unpaired) electrons. The molecule has 3 nitrogen and oxygen atoms in total. The molecule has 2 atom stereocenters. The number of benzene rings is 2. The van der Waals surface area contributed by atoms with Crippen LogP contribution >= 0.6 is 12.4 Å². The second-order valence-electron chi connectivity index (χ2n) is 5.97. The molecule has 0 aromatic heterocycles. The lowest BCUT2D eigenvalue weighted by molar-refractivity contribution is -0.157. The van der Waals surface area contributed by atoms with Gasteiger partial charge in [0.05, 0.1) is 0 Å². The van der Waals surface area contributed by atoms with Crippen LogP contribution in [-0.4, -0.2) is 29.9 Å². The van der Waals surface area contributed by atoms with Crippen molar-refractivity contribution < 1.29 is 18.0 Å². The fraction of sp³-hybridized carbons (Fsp3) is 0.278. The van der Waals surface area contributed by atoms with Gasteiger partial charge in [0.1, 0.15) is 5.82 Å². The molecule has 25 heavy (non-hydrogen) atoms. The van der Waals surface area contributed by atoms with Gasteiger partial charge in [-0.3, -0.25) is 4.79 Å². The summed E-state index contributed by atoms with van der Waals surface area (Å²) in [6, 6.07) is 12.6. The molecule has 1 amide bonds. The first-order chi connectivity index (χ1) is 11.4. The zero-order valence-electron chi connectivity index (χ0n) is 13.2. The standard InChI is InChI=1S/C18H17F3N2O.ClH/c19-14-8-6-13(7-9-14)18(20,21)17(24)23-10-15(16(22)11-23)12-4-2-1-3-5-12;/h1-9,15-16H,10-11,22H2;1H/t15-,16+;/m0./s1. The van der Waals surface area contributed by atoms with Crippen molar-refractivity contribution in [3.63, 3.8) is 0 Å². The highest BCUT2D eigenvalue weighted by Crippen LogP contribution is 2.34. The van der Waals surface area contributed by atoms with Gasteiger partial charge in [-0.05, 0) is 29.8 Å². The van der Waals surface area contributed by atoms with Gasteiger partial charge in [0.15, 0.2) is 0 Å². The normalized spacial score (nSPS) is 20.2. The van der Waals surface area contributed by atoms with Crippen molar-refractivity contribution in [3.8, 4) is 0 Å². The van der Waals surface area contributed by atoms with Crippen LogP contribution in [0.3, 0.4) is 0 Å². The third kappa shape index (κ3) is 3.80. The molecule has 1 aliphatic heterocycles. The number of hydrogen-bond acceptors (Lipinski definition) is 2. The zero-order chi connectivity index (χ0) is 17.3. The maximum atomic E-state index is 14.4. The van der Waals surface area contributed by atoms with Crippen molar-refractivity contribution in [2.75, 3.05) is 13.1 Å². The van der Waals surface area contributed by atoms with Crippen molar-refractivity contribution in [2.45, 2.75) is 17.9 Å². The minimum absolute atomic E-state index is 0. The molecule has 0 spiro atoms. The Balaban J connectivity index is 0.00000225. The monoisotopic (exact) mass is 370 g/mol. The van der Waals surface area contributed by atoms with E-state index in [-0.39, 0.29) is 31.4 Å². The SMILES string of the molecule is Cl.N[C@@H]1CN(C(=O)C(F)(F)c2ccc(F)cc2)C[C@H]1c1ccccc1. The van der Waals surface area contributed by atoms with Gasteiger partial charge in [0, 0.05) is 30.6 Å². The molecule has 2 N–H and O–H groups in total. The van der Waals surface area contributed by atoms with E-state index in [4.69, 9.17) is 5.73 Å². The second kappa shape index (κ2) is 7.45.